The Hall–Kier alpha value is -3.36. The van der Waals surface area contributed by atoms with Crippen molar-refractivity contribution in [2.75, 3.05) is 6.61 Å². The Morgan fingerprint density at radius 3 is 2.50 bits per heavy atom. The van der Waals surface area contributed by atoms with Gasteiger partial charge in [0.2, 0.25) is 0 Å². The van der Waals surface area contributed by atoms with E-state index in [1.807, 2.05) is 24.3 Å². The summed E-state index contributed by atoms with van der Waals surface area (Å²) in [6.07, 6.45) is -1.53. The molecule has 9 heteroatoms. The number of alkyl halides is 3. The van der Waals surface area contributed by atoms with Gasteiger partial charge >= 0.3 is 6.18 Å². The molecular weight excluding hydrogens is 373 g/mol. The standard InChI is InChI=1S/C19H17F3N4O2/c20-19(21,22)16-7-3-4-8-17(16)28-11-18(27)24-9-14-5-1-2-6-15(14)10-26-13-23-12-25-26/h1-8,12-13H,9-11H2,(H,24,27). The zero-order valence-corrected chi connectivity index (χ0v) is 14.7. The third-order valence-corrected chi connectivity index (χ3v) is 3.94. The second kappa shape index (κ2) is 8.55. The van der Waals surface area contributed by atoms with E-state index in [2.05, 4.69) is 15.4 Å². The number of hydrogen-bond donors (Lipinski definition) is 1. The van der Waals surface area contributed by atoms with Crippen LogP contribution in [-0.4, -0.2) is 27.3 Å². The Balaban J connectivity index is 1.57. The molecule has 0 spiro atoms. The highest BCUT2D eigenvalue weighted by atomic mass is 19.4. The molecule has 0 unspecified atom stereocenters. The molecule has 2 aromatic carbocycles. The fourth-order valence-corrected chi connectivity index (χ4v) is 2.59. The van der Waals surface area contributed by atoms with Crippen molar-refractivity contribution in [1.29, 1.82) is 0 Å². The molecule has 0 saturated heterocycles. The highest BCUT2D eigenvalue weighted by molar-refractivity contribution is 5.77. The van der Waals surface area contributed by atoms with Gasteiger partial charge in [0.1, 0.15) is 18.4 Å². The molecule has 0 radical (unpaired) electrons. The minimum atomic E-state index is -4.55. The Morgan fingerprint density at radius 1 is 1.07 bits per heavy atom. The molecule has 1 aromatic heterocycles. The van der Waals surface area contributed by atoms with Crippen molar-refractivity contribution in [2.24, 2.45) is 0 Å². The number of aromatic nitrogens is 3. The maximum absolute atomic E-state index is 13.0. The predicted molar refractivity (Wildman–Crippen MR) is 94.4 cm³/mol. The Morgan fingerprint density at radius 2 is 1.79 bits per heavy atom. The second-order valence-electron chi connectivity index (χ2n) is 5.92. The Kier molecular flexibility index (Phi) is 5.93. The van der Waals surface area contributed by atoms with Gasteiger partial charge in [-0.2, -0.15) is 18.3 Å². The number of carbonyl (C=O) groups is 1. The molecule has 0 atom stereocenters. The van der Waals surface area contributed by atoms with Crippen molar-refractivity contribution in [3.63, 3.8) is 0 Å². The summed E-state index contributed by atoms with van der Waals surface area (Å²) in [5.41, 5.74) is 0.889. The van der Waals surface area contributed by atoms with Crippen molar-refractivity contribution in [1.82, 2.24) is 20.1 Å². The number of hydrogen-bond acceptors (Lipinski definition) is 4. The number of para-hydroxylation sites is 1. The van der Waals surface area contributed by atoms with Gasteiger partial charge in [0.05, 0.1) is 12.1 Å². The maximum Gasteiger partial charge on any atom is 0.419 e. The normalized spacial score (nSPS) is 11.2. The highest BCUT2D eigenvalue weighted by Crippen LogP contribution is 2.35. The lowest BCUT2D eigenvalue weighted by molar-refractivity contribution is -0.139. The third kappa shape index (κ3) is 5.09. The van der Waals surface area contributed by atoms with Crippen LogP contribution in [0.4, 0.5) is 13.2 Å². The van der Waals surface area contributed by atoms with Gasteiger partial charge in [-0.1, -0.05) is 36.4 Å². The molecule has 6 nitrogen and oxygen atoms in total. The molecule has 146 valence electrons. The van der Waals surface area contributed by atoms with E-state index in [1.54, 1.807) is 11.0 Å². The summed E-state index contributed by atoms with van der Waals surface area (Å²) in [7, 11) is 0. The first kappa shape index (κ1) is 19.4. The van der Waals surface area contributed by atoms with Crippen molar-refractivity contribution < 1.29 is 22.7 Å². The Labute approximate surface area is 159 Å². The third-order valence-electron chi connectivity index (χ3n) is 3.94. The number of ether oxygens (including phenoxy) is 1. The number of halogens is 3. The molecule has 0 aliphatic carbocycles. The molecule has 1 N–H and O–H groups in total. The number of amides is 1. The van der Waals surface area contributed by atoms with E-state index in [4.69, 9.17) is 4.74 Å². The molecule has 0 aliphatic heterocycles. The molecule has 28 heavy (non-hydrogen) atoms. The Bertz CT molecular complexity index is 927. The van der Waals surface area contributed by atoms with Gasteiger partial charge in [-0.3, -0.25) is 4.79 Å². The zero-order valence-electron chi connectivity index (χ0n) is 14.7. The second-order valence-corrected chi connectivity index (χ2v) is 5.92. The molecule has 0 saturated carbocycles. The van der Waals surface area contributed by atoms with Gasteiger partial charge in [-0.25, -0.2) is 9.67 Å². The van der Waals surface area contributed by atoms with Crippen molar-refractivity contribution in [3.8, 4) is 5.75 Å². The molecule has 1 amide bonds. The smallest absolute Gasteiger partial charge is 0.419 e. The summed E-state index contributed by atoms with van der Waals surface area (Å²) in [6.45, 7) is 0.188. The summed E-state index contributed by atoms with van der Waals surface area (Å²) in [6, 6.07) is 12.2. The van der Waals surface area contributed by atoms with Gasteiger partial charge in [-0.05, 0) is 23.3 Å². The topological polar surface area (TPSA) is 69.0 Å². The molecule has 0 fully saturated rings. The fraction of sp³-hybridized carbons (Fsp3) is 0.211. The lowest BCUT2D eigenvalue weighted by Gasteiger charge is -2.14. The van der Waals surface area contributed by atoms with Crippen LogP contribution < -0.4 is 10.1 Å². The van der Waals surface area contributed by atoms with Crippen molar-refractivity contribution in [3.05, 3.63) is 77.9 Å². The van der Waals surface area contributed by atoms with E-state index in [9.17, 15) is 18.0 Å². The predicted octanol–water partition coefficient (Wildman–Crippen LogP) is 3.04. The van der Waals surface area contributed by atoms with E-state index in [-0.39, 0.29) is 12.3 Å². The number of rotatable bonds is 7. The molecule has 1 heterocycles. The quantitative estimate of drug-likeness (QED) is 0.673. The van der Waals surface area contributed by atoms with Gasteiger partial charge in [-0.15, -0.1) is 0 Å². The van der Waals surface area contributed by atoms with E-state index < -0.39 is 24.3 Å². The van der Waals surface area contributed by atoms with Gasteiger partial charge in [0.25, 0.3) is 5.91 Å². The van der Waals surface area contributed by atoms with Crippen molar-refractivity contribution >= 4 is 5.91 Å². The van der Waals surface area contributed by atoms with Crippen LogP contribution in [-0.2, 0) is 24.1 Å². The van der Waals surface area contributed by atoms with Gasteiger partial charge in [0, 0.05) is 6.54 Å². The first-order valence-electron chi connectivity index (χ1n) is 8.38. The summed E-state index contributed by atoms with van der Waals surface area (Å²) >= 11 is 0. The minimum Gasteiger partial charge on any atom is -0.483 e. The van der Waals surface area contributed by atoms with Gasteiger partial charge in [0.15, 0.2) is 6.61 Å². The van der Waals surface area contributed by atoms with E-state index in [0.717, 1.165) is 17.2 Å². The first-order valence-corrected chi connectivity index (χ1v) is 8.38. The van der Waals surface area contributed by atoms with Crippen LogP contribution in [0.5, 0.6) is 5.75 Å². The van der Waals surface area contributed by atoms with Crippen LogP contribution in [0.15, 0.2) is 61.2 Å². The van der Waals surface area contributed by atoms with Crippen LogP contribution in [0.2, 0.25) is 0 Å². The van der Waals surface area contributed by atoms with Crippen LogP contribution in [0.1, 0.15) is 16.7 Å². The van der Waals surface area contributed by atoms with Crippen LogP contribution in [0, 0.1) is 0 Å². The average Bonchev–Trinajstić information content (AvgIpc) is 3.18. The largest absolute Gasteiger partial charge is 0.483 e. The number of benzene rings is 2. The summed E-state index contributed by atoms with van der Waals surface area (Å²) < 4.78 is 45.6. The summed E-state index contributed by atoms with van der Waals surface area (Å²) in [5.74, 6) is -0.899. The number of nitrogens with zero attached hydrogens (tertiary/aromatic N) is 3. The fourth-order valence-electron chi connectivity index (χ4n) is 2.59. The SMILES string of the molecule is O=C(COc1ccccc1C(F)(F)F)NCc1ccccc1Cn1cncn1. The van der Waals surface area contributed by atoms with Crippen LogP contribution in [0.25, 0.3) is 0 Å². The molecule has 3 rings (SSSR count). The highest BCUT2D eigenvalue weighted by Gasteiger charge is 2.34. The van der Waals surface area contributed by atoms with E-state index in [0.29, 0.717) is 6.54 Å². The first-order chi connectivity index (χ1) is 13.4. The summed E-state index contributed by atoms with van der Waals surface area (Å²) in [4.78, 5) is 15.9. The van der Waals surface area contributed by atoms with E-state index >= 15 is 0 Å². The summed E-state index contributed by atoms with van der Waals surface area (Å²) in [5, 5.41) is 6.70. The molecule has 3 aromatic rings. The zero-order chi connectivity index (χ0) is 20.0. The minimum absolute atomic E-state index is 0.216. The molecule has 0 aliphatic rings. The molecule has 0 bridgehead atoms. The molecular formula is C19H17F3N4O2. The lowest BCUT2D eigenvalue weighted by atomic mass is 10.1. The van der Waals surface area contributed by atoms with Crippen LogP contribution in [0.3, 0.4) is 0 Å². The monoisotopic (exact) mass is 390 g/mol. The average molecular weight is 390 g/mol. The number of carbonyl (C=O) groups excluding carboxylic acids is 1. The van der Waals surface area contributed by atoms with Crippen molar-refractivity contribution in [2.45, 2.75) is 19.3 Å². The van der Waals surface area contributed by atoms with E-state index in [1.165, 1.54) is 24.5 Å². The lowest BCUT2D eigenvalue weighted by Crippen LogP contribution is -2.29. The number of nitrogens with one attached hydrogen (secondary N) is 1. The maximum atomic E-state index is 13.0. The van der Waals surface area contributed by atoms with Crippen LogP contribution >= 0.6 is 0 Å². The van der Waals surface area contributed by atoms with Gasteiger partial charge < -0.3 is 10.1 Å².